The highest BCUT2D eigenvalue weighted by atomic mass is 16.5. The molecule has 1 aromatic carbocycles. The first-order valence-electron chi connectivity index (χ1n) is 11.6. The van der Waals surface area contributed by atoms with E-state index in [0.717, 1.165) is 54.4 Å². The lowest BCUT2D eigenvalue weighted by Crippen LogP contribution is -2.27. The molecule has 5 heteroatoms. The quantitative estimate of drug-likeness (QED) is 0.155. The van der Waals surface area contributed by atoms with Crippen molar-refractivity contribution >= 4 is 18.5 Å². The summed E-state index contributed by atoms with van der Waals surface area (Å²) >= 11 is 0. The summed E-state index contributed by atoms with van der Waals surface area (Å²) in [5.74, 6) is 0.794. The third-order valence-corrected chi connectivity index (χ3v) is 4.65. The minimum absolute atomic E-state index is 0.00551. The van der Waals surface area contributed by atoms with Crippen molar-refractivity contribution in [3.05, 3.63) is 53.1 Å². The van der Waals surface area contributed by atoms with Crippen molar-refractivity contribution in [3.8, 4) is 5.75 Å². The van der Waals surface area contributed by atoms with Crippen molar-refractivity contribution in [2.24, 2.45) is 0 Å². The Kier molecular flexibility index (Phi) is 19.9. The normalized spacial score (nSPS) is 10.0. The van der Waals surface area contributed by atoms with Gasteiger partial charge in [0.05, 0.1) is 6.61 Å². The lowest BCUT2D eigenvalue weighted by Gasteiger charge is -2.16. The second kappa shape index (κ2) is 20.2. The molecule has 0 aromatic heterocycles. The van der Waals surface area contributed by atoms with Crippen molar-refractivity contribution in [1.29, 1.82) is 0 Å². The second-order valence-corrected chi connectivity index (χ2v) is 6.90. The largest absolute Gasteiger partial charge is 0.494 e. The average molecular weight is 446 g/mol. The molecule has 1 amide bonds. The molecule has 32 heavy (non-hydrogen) atoms. The van der Waals surface area contributed by atoms with Crippen LogP contribution in [0.4, 0.5) is 0 Å². The van der Waals surface area contributed by atoms with E-state index in [-0.39, 0.29) is 12.3 Å². The smallest absolute Gasteiger partial charge is 0.226 e. The van der Waals surface area contributed by atoms with E-state index in [1.165, 1.54) is 6.08 Å². The lowest BCUT2D eigenvalue weighted by atomic mass is 10.0. The van der Waals surface area contributed by atoms with Gasteiger partial charge in [-0.05, 0) is 49.9 Å². The van der Waals surface area contributed by atoms with Gasteiger partial charge in [0, 0.05) is 31.1 Å². The average Bonchev–Trinajstić information content (AvgIpc) is 2.81. The van der Waals surface area contributed by atoms with Crippen LogP contribution in [0.25, 0.3) is 0 Å². The van der Waals surface area contributed by atoms with Crippen LogP contribution in [0.5, 0.6) is 5.75 Å². The number of nitrogens with zero attached hydrogens (tertiary/aromatic N) is 1. The number of hydrogen-bond acceptors (Lipinski definition) is 4. The minimum atomic E-state index is -0.00551. The predicted molar refractivity (Wildman–Crippen MR) is 135 cm³/mol. The van der Waals surface area contributed by atoms with E-state index < -0.39 is 0 Å². The highest BCUT2D eigenvalue weighted by molar-refractivity contribution is 5.82. The number of aryl methyl sites for hydroxylation is 2. The van der Waals surface area contributed by atoms with Crippen molar-refractivity contribution < 1.29 is 19.1 Å². The Morgan fingerprint density at radius 1 is 1.00 bits per heavy atom. The summed E-state index contributed by atoms with van der Waals surface area (Å²) in [6, 6.07) is 3.79. The number of rotatable bonds is 13. The van der Waals surface area contributed by atoms with Crippen LogP contribution in [0.2, 0.25) is 0 Å². The molecule has 5 nitrogen and oxygen atoms in total. The topological polar surface area (TPSA) is 63.7 Å². The molecule has 0 saturated carbocycles. The third kappa shape index (κ3) is 12.9. The summed E-state index contributed by atoms with van der Waals surface area (Å²) in [4.78, 5) is 35.4. The number of hydrogen-bond donors (Lipinski definition) is 0. The first-order valence-corrected chi connectivity index (χ1v) is 11.6. The highest BCUT2D eigenvalue weighted by Gasteiger charge is 2.07. The number of aldehydes is 2. The fraction of sp³-hybridized carbons (Fsp3) is 0.519. The highest BCUT2D eigenvalue weighted by Crippen LogP contribution is 2.21. The summed E-state index contributed by atoms with van der Waals surface area (Å²) in [6.45, 7) is 16.7. The summed E-state index contributed by atoms with van der Waals surface area (Å²) in [7, 11) is 1.78. The Morgan fingerprint density at radius 3 is 2.06 bits per heavy atom. The molecule has 0 saturated heterocycles. The Bertz CT molecular complexity index is 689. The number of carbonyl (C=O) groups is 3. The van der Waals surface area contributed by atoms with Crippen LogP contribution in [0.15, 0.2) is 36.4 Å². The Morgan fingerprint density at radius 2 is 1.56 bits per heavy atom. The van der Waals surface area contributed by atoms with Crippen LogP contribution in [0.3, 0.4) is 0 Å². The number of benzene rings is 1. The molecular formula is C27H43NO4. The molecule has 180 valence electrons. The molecule has 0 aliphatic carbocycles. The van der Waals surface area contributed by atoms with E-state index in [0.29, 0.717) is 25.0 Å². The standard InChI is InChI=1S/C23H31NO4.2C2H6/c1-5-20(16-25)10-11-23(27)24(4)12-8-6-7-9-13-28-21-14-18(2)22(17-26)19(3)15-21;2*1-2/h5,10,14-17H,1,6-9,11-13H2,2-4H3;2*1-2H3/b20-10-;;. The van der Waals surface area contributed by atoms with Crippen molar-refractivity contribution in [2.45, 2.75) is 73.6 Å². The van der Waals surface area contributed by atoms with Gasteiger partial charge in [-0.25, -0.2) is 0 Å². The van der Waals surface area contributed by atoms with E-state index in [9.17, 15) is 14.4 Å². The van der Waals surface area contributed by atoms with Gasteiger partial charge in [0.15, 0.2) is 6.29 Å². The maximum absolute atomic E-state index is 12.0. The number of unbranched alkanes of at least 4 members (excludes halogenated alkanes) is 3. The Hall–Kier alpha value is -2.69. The number of allylic oxidation sites excluding steroid dienone is 2. The fourth-order valence-electron chi connectivity index (χ4n) is 2.86. The molecule has 1 aromatic rings. The van der Waals surface area contributed by atoms with E-state index in [2.05, 4.69) is 6.58 Å². The van der Waals surface area contributed by atoms with Gasteiger partial charge in [-0.2, -0.15) is 0 Å². The predicted octanol–water partition coefficient (Wildman–Crippen LogP) is 6.27. The van der Waals surface area contributed by atoms with Crippen LogP contribution < -0.4 is 4.74 Å². The monoisotopic (exact) mass is 445 g/mol. The summed E-state index contributed by atoms with van der Waals surface area (Å²) in [5, 5.41) is 0. The van der Waals surface area contributed by atoms with Crippen molar-refractivity contribution in [3.63, 3.8) is 0 Å². The van der Waals surface area contributed by atoms with Gasteiger partial charge < -0.3 is 9.64 Å². The third-order valence-electron chi connectivity index (χ3n) is 4.65. The minimum Gasteiger partial charge on any atom is -0.494 e. The molecule has 0 aliphatic rings. The van der Waals surface area contributed by atoms with Gasteiger partial charge in [-0.1, -0.05) is 59.3 Å². The molecule has 0 N–H and O–H groups in total. The Labute approximate surface area is 195 Å². The van der Waals surface area contributed by atoms with Crippen LogP contribution in [-0.2, 0) is 9.59 Å². The number of carbonyl (C=O) groups excluding carboxylic acids is 3. The van der Waals surface area contributed by atoms with Gasteiger partial charge in [-0.3, -0.25) is 14.4 Å². The molecule has 0 atom stereocenters. The summed E-state index contributed by atoms with van der Waals surface area (Å²) in [6.07, 6.45) is 8.75. The van der Waals surface area contributed by atoms with Gasteiger partial charge >= 0.3 is 0 Å². The number of ether oxygens (including phenoxy) is 1. The zero-order valence-electron chi connectivity index (χ0n) is 21.2. The van der Waals surface area contributed by atoms with E-state index >= 15 is 0 Å². The molecular weight excluding hydrogens is 402 g/mol. The Balaban J connectivity index is 0. The van der Waals surface area contributed by atoms with Gasteiger partial charge in [0.1, 0.15) is 12.0 Å². The molecule has 0 aliphatic heterocycles. The first kappa shape index (κ1) is 31.5. The van der Waals surface area contributed by atoms with Crippen LogP contribution >= 0.6 is 0 Å². The van der Waals surface area contributed by atoms with Crippen LogP contribution in [-0.4, -0.2) is 43.6 Å². The van der Waals surface area contributed by atoms with Crippen LogP contribution in [0, 0.1) is 13.8 Å². The molecule has 0 unspecified atom stereocenters. The van der Waals surface area contributed by atoms with Gasteiger partial charge in [0.2, 0.25) is 5.91 Å². The van der Waals surface area contributed by atoms with E-state index in [1.54, 1.807) is 18.0 Å². The molecule has 0 bridgehead atoms. The number of amides is 1. The first-order chi connectivity index (χ1) is 15.4. The van der Waals surface area contributed by atoms with Crippen molar-refractivity contribution in [2.75, 3.05) is 20.2 Å². The lowest BCUT2D eigenvalue weighted by molar-refractivity contribution is -0.129. The second-order valence-electron chi connectivity index (χ2n) is 6.90. The van der Waals surface area contributed by atoms with Gasteiger partial charge in [-0.15, -0.1) is 0 Å². The molecule has 0 heterocycles. The zero-order valence-corrected chi connectivity index (χ0v) is 21.2. The molecule has 0 spiro atoms. The van der Waals surface area contributed by atoms with E-state index in [1.807, 2.05) is 53.7 Å². The van der Waals surface area contributed by atoms with E-state index in [4.69, 9.17) is 4.74 Å². The SMILES string of the molecule is C=C/C(C=O)=C/CC(=O)N(C)CCCCCCOc1cc(C)c(C=O)c(C)c1.CC.CC. The summed E-state index contributed by atoms with van der Waals surface area (Å²) < 4.78 is 5.79. The molecule has 0 radical (unpaired) electrons. The van der Waals surface area contributed by atoms with Crippen LogP contribution in [0.1, 0.15) is 81.3 Å². The summed E-state index contributed by atoms with van der Waals surface area (Å²) in [5.41, 5.74) is 3.03. The zero-order chi connectivity index (χ0) is 24.9. The van der Waals surface area contributed by atoms with Crippen molar-refractivity contribution in [1.82, 2.24) is 4.90 Å². The fourth-order valence-corrected chi connectivity index (χ4v) is 2.86. The maximum atomic E-state index is 12.0. The van der Waals surface area contributed by atoms with Gasteiger partial charge in [0.25, 0.3) is 0 Å². The molecule has 1 rings (SSSR count). The maximum Gasteiger partial charge on any atom is 0.226 e. The molecule has 0 fully saturated rings.